The van der Waals surface area contributed by atoms with E-state index >= 15 is 0 Å². The van der Waals surface area contributed by atoms with Gasteiger partial charge in [0.25, 0.3) is 0 Å². The van der Waals surface area contributed by atoms with Gasteiger partial charge in [0, 0.05) is 18.6 Å². The van der Waals surface area contributed by atoms with Crippen LogP contribution < -0.4 is 5.32 Å². The van der Waals surface area contributed by atoms with E-state index in [1.807, 2.05) is 0 Å². The Morgan fingerprint density at radius 1 is 1.06 bits per heavy atom. The van der Waals surface area contributed by atoms with E-state index in [4.69, 9.17) is 0 Å². The number of piperidine rings is 1. The third kappa shape index (κ3) is 3.46. The van der Waals surface area contributed by atoms with Crippen molar-refractivity contribution in [3.63, 3.8) is 0 Å². The number of rotatable bonds is 5. The molecule has 2 aliphatic rings. The molecule has 0 aromatic heterocycles. The highest BCUT2D eigenvalue weighted by Gasteiger charge is 2.24. The van der Waals surface area contributed by atoms with Gasteiger partial charge in [-0.15, -0.1) is 0 Å². The molecule has 16 heavy (non-hydrogen) atoms. The van der Waals surface area contributed by atoms with Crippen LogP contribution in [0.1, 0.15) is 58.3 Å². The minimum atomic E-state index is 0.779. The van der Waals surface area contributed by atoms with Crippen LogP contribution in [0.2, 0.25) is 0 Å². The first-order valence-electron chi connectivity index (χ1n) is 7.37. The summed E-state index contributed by atoms with van der Waals surface area (Å²) in [5, 5.41) is 3.69. The van der Waals surface area contributed by atoms with Gasteiger partial charge in [-0.1, -0.05) is 26.2 Å². The average molecular weight is 224 g/mol. The fourth-order valence-electron chi connectivity index (χ4n) is 3.34. The van der Waals surface area contributed by atoms with Gasteiger partial charge in [-0.2, -0.15) is 0 Å². The van der Waals surface area contributed by atoms with E-state index in [0.29, 0.717) is 0 Å². The van der Waals surface area contributed by atoms with E-state index in [1.165, 1.54) is 71.0 Å². The second kappa shape index (κ2) is 6.61. The molecule has 2 nitrogen and oxygen atoms in total. The maximum Gasteiger partial charge on any atom is 0.0195 e. The predicted molar refractivity (Wildman–Crippen MR) is 69.8 cm³/mol. The molecule has 1 aliphatic heterocycles. The molecule has 2 fully saturated rings. The first-order chi connectivity index (χ1) is 7.90. The quantitative estimate of drug-likeness (QED) is 0.772. The number of hydrogen-bond acceptors (Lipinski definition) is 2. The number of nitrogens with one attached hydrogen (secondary N) is 1. The van der Waals surface area contributed by atoms with Gasteiger partial charge in [-0.05, 0) is 45.2 Å². The first kappa shape index (κ1) is 12.4. The van der Waals surface area contributed by atoms with Crippen LogP contribution in [0.5, 0.6) is 0 Å². The Hall–Kier alpha value is -0.0800. The highest BCUT2D eigenvalue weighted by molar-refractivity contribution is 4.82. The molecule has 1 aliphatic carbocycles. The predicted octanol–water partition coefficient (Wildman–Crippen LogP) is 2.78. The van der Waals surface area contributed by atoms with Crippen molar-refractivity contribution in [1.29, 1.82) is 0 Å². The average Bonchev–Trinajstić information content (AvgIpc) is 2.83. The Morgan fingerprint density at radius 3 is 2.44 bits per heavy atom. The standard InChI is InChI=1S/C14H28N2/c1-2-11-16(14-8-3-4-9-14)12-13-7-5-6-10-15-13/h13-15H,2-12H2,1H3. The molecule has 1 saturated carbocycles. The van der Waals surface area contributed by atoms with Gasteiger partial charge in [-0.25, -0.2) is 0 Å². The van der Waals surface area contributed by atoms with Gasteiger partial charge in [-0.3, -0.25) is 4.90 Å². The topological polar surface area (TPSA) is 15.3 Å². The minimum absolute atomic E-state index is 0.779. The summed E-state index contributed by atoms with van der Waals surface area (Å²) in [5.74, 6) is 0. The van der Waals surface area contributed by atoms with Crippen molar-refractivity contribution in [3.05, 3.63) is 0 Å². The Kier molecular flexibility index (Phi) is 5.11. The van der Waals surface area contributed by atoms with Crippen molar-refractivity contribution >= 4 is 0 Å². The van der Waals surface area contributed by atoms with Crippen molar-refractivity contribution in [2.45, 2.75) is 70.4 Å². The van der Waals surface area contributed by atoms with E-state index in [2.05, 4.69) is 17.1 Å². The Bertz CT molecular complexity index is 181. The van der Waals surface area contributed by atoms with E-state index < -0.39 is 0 Å². The lowest BCUT2D eigenvalue weighted by Gasteiger charge is -2.34. The normalized spacial score (nSPS) is 27.8. The molecule has 1 atom stereocenters. The Balaban J connectivity index is 1.80. The van der Waals surface area contributed by atoms with Gasteiger partial charge in [0.15, 0.2) is 0 Å². The van der Waals surface area contributed by atoms with Gasteiger partial charge >= 0.3 is 0 Å². The van der Waals surface area contributed by atoms with E-state index in [1.54, 1.807) is 0 Å². The third-order valence-electron chi connectivity index (χ3n) is 4.22. The maximum absolute atomic E-state index is 3.69. The zero-order chi connectivity index (χ0) is 11.2. The van der Waals surface area contributed by atoms with E-state index in [9.17, 15) is 0 Å². The molecule has 94 valence electrons. The fourth-order valence-corrected chi connectivity index (χ4v) is 3.34. The fraction of sp³-hybridized carbons (Fsp3) is 1.00. The van der Waals surface area contributed by atoms with Crippen molar-refractivity contribution in [1.82, 2.24) is 10.2 Å². The third-order valence-corrected chi connectivity index (χ3v) is 4.22. The van der Waals surface area contributed by atoms with Crippen LogP contribution in [0.15, 0.2) is 0 Å². The van der Waals surface area contributed by atoms with E-state index in [0.717, 1.165) is 12.1 Å². The molecule has 1 saturated heterocycles. The van der Waals surface area contributed by atoms with Crippen molar-refractivity contribution in [2.75, 3.05) is 19.6 Å². The summed E-state index contributed by atoms with van der Waals surface area (Å²) in [7, 11) is 0. The summed E-state index contributed by atoms with van der Waals surface area (Å²) >= 11 is 0. The second-order valence-electron chi connectivity index (χ2n) is 5.58. The highest BCUT2D eigenvalue weighted by atomic mass is 15.2. The van der Waals surface area contributed by atoms with Crippen molar-refractivity contribution in [2.24, 2.45) is 0 Å². The van der Waals surface area contributed by atoms with Gasteiger partial charge in [0.2, 0.25) is 0 Å². The van der Waals surface area contributed by atoms with Gasteiger partial charge < -0.3 is 5.32 Å². The second-order valence-corrected chi connectivity index (χ2v) is 5.58. The summed E-state index contributed by atoms with van der Waals surface area (Å²) in [6, 6.07) is 1.68. The van der Waals surface area contributed by atoms with Crippen molar-refractivity contribution < 1.29 is 0 Å². The first-order valence-corrected chi connectivity index (χ1v) is 7.37. The van der Waals surface area contributed by atoms with Crippen LogP contribution in [0.25, 0.3) is 0 Å². The van der Waals surface area contributed by atoms with Crippen LogP contribution in [0.4, 0.5) is 0 Å². The molecular weight excluding hydrogens is 196 g/mol. The summed E-state index contributed by atoms with van der Waals surface area (Å²) in [4.78, 5) is 2.77. The Morgan fingerprint density at radius 2 is 1.81 bits per heavy atom. The maximum atomic E-state index is 3.69. The lowest BCUT2D eigenvalue weighted by Crippen LogP contribution is -2.46. The number of hydrogen-bond donors (Lipinski definition) is 1. The van der Waals surface area contributed by atoms with Crippen LogP contribution in [0, 0.1) is 0 Å². The zero-order valence-corrected chi connectivity index (χ0v) is 10.9. The van der Waals surface area contributed by atoms with Crippen LogP contribution in [-0.4, -0.2) is 36.6 Å². The molecule has 1 heterocycles. The summed E-state index contributed by atoms with van der Waals surface area (Å²) in [5.41, 5.74) is 0. The molecular formula is C14H28N2. The monoisotopic (exact) mass is 224 g/mol. The van der Waals surface area contributed by atoms with Crippen LogP contribution in [0.3, 0.4) is 0 Å². The zero-order valence-electron chi connectivity index (χ0n) is 10.9. The molecule has 2 rings (SSSR count). The summed E-state index contributed by atoms with van der Waals surface area (Å²) < 4.78 is 0. The van der Waals surface area contributed by atoms with Crippen LogP contribution in [-0.2, 0) is 0 Å². The molecule has 0 bridgehead atoms. The number of nitrogens with zero attached hydrogens (tertiary/aromatic N) is 1. The molecule has 0 radical (unpaired) electrons. The van der Waals surface area contributed by atoms with E-state index in [-0.39, 0.29) is 0 Å². The molecule has 0 spiro atoms. The molecule has 1 N–H and O–H groups in total. The molecule has 0 aromatic rings. The van der Waals surface area contributed by atoms with Crippen molar-refractivity contribution in [3.8, 4) is 0 Å². The van der Waals surface area contributed by atoms with Gasteiger partial charge in [0.1, 0.15) is 0 Å². The largest absolute Gasteiger partial charge is 0.313 e. The summed E-state index contributed by atoms with van der Waals surface area (Å²) in [6.07, 6.45) is 11.3. The minimum Gasteiger partial charge on any atom is -0.313 e. The molecule has 1 unspecified atom stereocenters. The van der Waals surface area contributed by atoms with Crippen LogP contribution >= 0.6 is 0 Å². The lowest BCUT2D eigenvalue weighted by atomic mass is 10.0. The smallest absolute Gasteiger partial charge is 0.0195 e. The SMILES string of the molecule is CCCN(CC1CCCCN1)C1CCCC1. The lowest BCUT2D eigenvalue weighted by molar-refractivity contribution is 0.167. The molecule has 0 amide bonds. The highest BCUT2D eigenvalue weighted by Crippen LogP contribution is 2.24. The van der Waals surface area contributed by atoms with Gasteiger partial charge in [0.05, 0.1) is 0 Å². The Labute approximate surface area is 101 Å². The molecule has 2 heteroatoms. The summed E-state index contributed by atoms with van der Waals surface area (Å²) in [6.45, 7) is 6.17. The molecule has 0 aromatic carbocycles.